The van der Waals surface area contributed by atoms with Crippen LogP contribution in [0.3, 0.4) is 0 Å². The van der Waals surface area contributed by atoms with Gasteiger partial charge in [0.25, 0.3) is 5.56 Å². The van der Waals surface area contributed by atoms with E-state index in [1.54, 1.807) is 7.05 Å². The third-order valence-electron chi connectivity index (χ3n) is 5.19. The first-order valence-electron chi connectivity index (χ1n) is 10.1. The number of ether oxygens (including phenoxy) is 1. The molecule has 0 atom stereocenters. The number of nitrogens with one attached hydrogen (secondary N) is 1. The van der Waals surface area contributed by atoms with Gasteiger partial charge in [0, 0.05) is 45.4 Å². The first-order valence-corrected chi connectivity index (χ1v) is 10.1. The molecule has 1 aromatic carbocycles. The largest absolute Gasteiger partial charge is 0.455 e. The van der Waals surface area contributed by atoms with Crippen LogP contribution in [-0.4, -0.2) is 54.0 Å². The summed E-state index contributed by atoms with van der Waals surface area (Å²) in [5.74, 6) is 1.61. The molecule has 9 heteroatoms. The van der Waals surface area contributed by atoms with Crippen molar-refractivity contribution in [2.75, 3.05) is 38.4 Å². The van der Waals surface area contributed by atoms with Gasteiger partial charge in [0.15, 0.2) is 0 Å². The summed E-state index contributed by atoms with van der Waals surface area (Å²) >= 11 is 0. The minimum absolute atomic E-state index is 0.298. The van der Waals surface area contributed by atoms with E-state index in [1.165, 1.54) is 29.9 Å². The molecular formula is C22H25N5O4. The molecule has 1 N–H and O–H groups in total. The maximum atomic E-state index is 11.8. The van der Waals surface area contributed by atoms with Gasteiger partial charge < -0.3 is 9.15 Å². The van der Waals surface area contributed by atoms with Crippen LogP contribution in [0.25, 0.3) is 11.3 Å². The number of furan rings is 1. The van der Waals surface area contributed by atoms with Crippen molar-refractivity contribution in [3.05, 3.63) is 74.6 Å². The van der Waals surface area contributed by atoms with Crippen LogP contribution in [0.2, 0.25) is 0 Å². The quantitative estimate of drug-likeness (QED) is 0.478. The van der Waals surface area contributed by atoms with Crippen molar-refractivity contribution in [1.29, 1.82) is 0 Å². The summed E-state index contributed by atoms with van der Waals surface area (Å²) in [6.45, 7) is 4.32. The Morgan fingerprint density at radius 3 is 2.74 bits per heavy atom. The minimum atomic E-state index is -0.498. The van der Waals surface area contributed by atoms with Crippen molar-refractivity contribution in [3.63, 3.8) is 0 Å². The van der Waals surface area contributed by atoms with Gasteiger partial charge in [-0.1, -0.05) is 18.2 Å². The molecule has 0 unspecified atom stereocenters. The normalized spacial score (nSPS) is 14.9. The second-order valence-electron chi connectivity index (χ2n) is 7.42. The van der Waals surface area contributed by atoms with E-state index >= 15 is 0 Å². The highest BCUT2D eigenvalue weighted by atomic mass is 16.5. The first kappa shape index (κ1) is 20.8. The van der Waals surface area contributed by atoms with Gasteiger partial charge in [-0.2, -0.15) is 5.10 Å². The molecule has 1 saturated heterocycles. The summed E-state index contributed by atoms with van der Waals surface area (Å²) < 4.78 is 12.3. The van der Waals surface area contributed by atoms with Crippen LogP contribution in [0, 0.1) is 0 Å². The Hall–Kier alpha value is -3.43. The Labute approximate surface area is 179 Å². The van der Waals surface area contributed by atoms with Crippen molar-refractivity contribution in [3.8, 4) is 11.3 Å². The average Bonchev–Trinajstić information content (AvgIpc) is 3.25. The molecule has 3 aromatic rings. The number of hydrogen-bond donors (Lipinski definition) is 1. The summed E-state index contributed by atoms with van der Waals surface area (Å²) in [7, 11) is 3.05. The molecule has 4 rings (SSSR count). The van der Waals surface area contributed by atoms with Crippen LogP contribution < -0.4 is 16.3 Å². The number of aromatic amines is 1. The molecule has 1 fully saturated rings. The summed E-state index contributed by atoms with van der Waals surface area (Å²) in [6, 6.07) is 13.3. The maximum Gasteiger partial charge on any atom is 0.329 e. The standard InChI is InChI=1S/C22H25N5O4/c1-25-21(28)13-20(24-22(25)29)26(2)23-14-18-6-7-19(31-18)17-5-3-4-16(12-17)15-27-8-10-30-11-9-27/h3-7,12-14H,8-11,15H2,1-2H3,(H,24,29)/b23-14+. The van der Waals surface area contributed by atoms with E-state index in [2.05, 4.69) is 27.1 Å². The lowest BCUT2D eigenvalue weighted by molar-refractivity contribution is 0.0342. The number of H-pyrrole nitrogens is 1. The molecule has 0 bridgehead atoms. The zero-order valence-corrected chi connectivity index (χ0v) is 17.6. The lowest BCUT2D eigenvalue weighted by atomic mass is 10.1. The van der Waals surface area contributed by atoms with E-state index < -0.39 is 11.2 Å². The molecule has 0 aliphatic carbocycles. The van der Waals surface area contributed by atoms with Gasteiger partial charge in [-0.25, -0.2) is 4.79 Å². The highest BCUT2D eigenvalue weighted by Crippen LogP contribution is 2.23. The Morgan fingerprint density at radius 1 is 1.16 bits per heavy atom. The van der Waals surface area contributed by atoms with Crippen LogP contribution in [-0.2, 0) is 18.3 Å². The SMILES string of the molecule is CN(/N=C/c1ccc(-c2cccc(CN3CCOCC3)c2)o1)c1cc(=O)n(C)c(=O)[nH]1. The van der Waals surface area contributed by atoms with Gasteiger partial charge >= 0.3 is 5.69 Å². The van der Waals surface area contributed by atoms with Crippen molar-refractivity contribution >= 4 is 12.0 Å². The highest BCUT2D eigenvalue weighted by Gasteiger charge is 2.12. The second-order valence-corrected chi connectivity index (χ2v) is 7.42. The molecule has 0 spiro atoms. The fourth-order valence-corrected chi connectivity index (χ4v) is 3.34. The maximum absolute atomic E-state index is 11.8. The van der Waals surface area contributed by atoms with E-state index in [-0.39, 0.29) is 0 Å². The summed E-state index contributed by atoms with van der Waals surface area (Å²) in [4.78, 5) is 28.5. The van der Waals surface area contributed by atoms with Gasteiger partial charge in [-0.15, -0.1) is 0 Å². The van der Waals surface area contributed by atoms with E-state index in [0.29, 0.717) is 11.6 Å². The molecule has 162 valence electrons. The van der Waals surface area contributed by atoms with Crippen molar-refractivity contribution in [2.45, 2.75) is 6.54 Å². The number of aromatic nitrogens is 2. The van der Waals surface area contributed by atoms with Gasteiger partial charge in [-0.05, 0) is 23.8 Å². The van der Waals surface area contributed by atoms with Gasteiger partial charge in [-0.3, -0.25) is 24.3 Å². The average molecular weight is 423 g/mol. The number of morpholine rings is 1. The smallest absolute Gasteiger partial charge is 0.329 e. The van der Waals surface area contributed by atoms with Crippen molar-refractivity contribution < 1.29 is 9.15 Å². The van der Waals surface area contributed by atoms with Gasteiger partial charge in [0.2, 0.25) is 0 Å². The van der Waals surface area contributed by atoms with E-state index in [9.17, 15) is 9.59 Å². The van der Waals surface area contributed by atoms with E-state index in [4.69, 9.17) is 9.15 Å². The molecule has 0 saturated carbocycles. The van der Waals surface area contributed by atoms with Crippen LogP contribution in [0.4, 0.5) is 5.82 Å². The van der Waals surface area contributed by atoms with E-state index in [1.807, 2.05) is 24.3 Å². The molecule has 1 aliphatic heterocycles. The zero-order chi connectivity index (χ0) is 21.8. The topological polar surface area (TPSA) is 96.1 Å². The predicted molar refractivity (Wildman–Crippen MR) is 119 cm³/mol. The predicted octanol–water partition coefficient (Wildman–Crippen LogP) is 1.64. The number of nitrogens with zero attached hydrogens (tertiary/aromatic N) is 4. The van der Waals surface area contributed by atoms with Gasteiger partial charge in [0.1, 0.15) is 17.3 Å². The Balaban J connectivity index is 1.46. The van der Waals surface area contributed by atoms with Crippen LogP contribution in [0.1, 0.15) is 11.3 Å². The number of benzene rings is 1. The highest BCUT2D eigenvalue weighted by molar-refractivity contribution is 5.78. The fourth-order valence-electron chi connectivity index (χ4n) is 3.34. The monoisotopic (exact) mass is 423 g/mol. The third kappa shape index (κ3) is 5.01. The van der Waals surface area contributed by atoms with Crippen LogP contribution in [0.5, 0.6) is 0 Å². The molecule has 3 heterocycles. The number of rotatable bonds is 6. The number of hydrazone groups is 1. The molecule has 1 aliphatic rings. The Bertz CT molecular complexity index is 1160. The Kier molecular flexibility index (Phi) is 6.15. The third-order valence-corrected chi connectivity index (χ3v) is 5.19. The summed E-state index contributed by atoms with van der Waals surface area (Å²) in [5, 5.41) is 5.67. The molecule has 9 nitrogen and oxygen atoms in total. The van der Waals surface area contributed by atoms with Crippen LogP contribution >= 0.6 is 0 Å². The lowest BCUT2D eigenvalue weighted by Gasteiger charge is -2.26. The summed E-state index contributed by atoms with van der Waals surface area (Å²) in [5.41, 5.74) is 1.31. The zero-order valence-electron chi connectivity index (χ0n) is 17.6. The van der Waals surface area contributed by atoms with Crippen molar-refractivity contribution in [1.82, 2.24) is 14.5 Å². The molecule has 0 radical (unpaired) electrons. The lowest BCUT2D eigenvalue weighted by Crippen LogP contribution is -2.35. The first-order chi connectivity index (χ1) is 15.0. The van der Waals surface area contributed by atoms with E-state index in [0.717, 1.165) is 48.7 Å². The second kappa shape index (κ2) is 9.15. The molecule has 2 aromatic heterocycles. The number of anilines is 1. The van der Waals surface area contributed by atoms with Gasteiger partial charge in [0.05, 0.1) is 19.4 Å². The molecule has 31 heavy (non-hydrogen) atoms. The minimum Gasteiger partial charge on any atom is -0.455 e. The summed E-state index contributed by atoms with van der Waals surface area (Å²) in [6.07, 6.45) is 1.54. The number of hydrogen-bond acceptors (Lipinski definition) is 7. The molecule has 0 amide bonds. The Morgan fingerprint density at radius 2 is 1.97 bits per heavy atom. The fraction of sp³-hybridized carbons (Fsp3) is 0.318. The molecular weight excluding hydrogens is 398 g/mol. The van der Waals surface area contributed by atoms with Crippen molar-refractivity contribution in [2.24, 2.45) is 12.1 Å². The van der Waals surface area contributed by atoms with Crippen LogP contribution in [0.15, 0.2) is 61.6 Å².